The molecule has 0 aliphatic carbocycles. The van der Waals surface area contributed by atoms with Gasteiger partial charge in [0.25, 0.3) is 0 Å². The Bertz CT molecular complexity index is 809. The van der Waals surface area contributed by atoms with Gasteiger partial charge in [-0.25, -0.2) is 0 Å². The third-order valence-electron chi connectivity index (χ3n) is 4.83. The minimum atomic E-state index is -0.532. The molecule has 5 nitrogen and oxygen atoms in total. The summed E-state index contributed by atoms with van der Waals surface area (Å²) in [6, 6.07) is 16.4. The minimum absolute atomic E-state index is 0.417. The maximum atomic E-state index is 9.98. The number of aliphatic hydroxyl groups excluding tert-OH is 1. The zero-order chi connectivity index (χ0) is 17.4. The highest BCUT2D eigenvalue weighted by Crippen LogP contribution is 2.38. The van der Waals surface area contributed by atoms with Gasteiger partial charge >= 0.3 is 0 Å². The summed E-state index contributed by atoms with van der Waals surface area (Å²) in [5.41, 5.74) is 1.68. The van der Waals surface area contributed by atoms with Crippen LogP contribution >= 0.6 is 15.9 Å². The minimum Gasteiger partial charge on any atom is -0.497 e. The van der Waals surface area contributed by atoms with Crippen molar-refractivity contribution in [3.63, 3.8) is 0 Å². The first-order chi connectivity index (χ1) is 12.1. The Labute approximate surface area is 155 Å². The molecule has 2 aromatic rings. The number of ether oxygens (including phenoxy) is 1. The number of methoxy groups -OCH3 is 1. The smallest absolute Gasteiger partial charge is 0.130 e. The molecule has 25 heavy (non-hydrogen) atoms. The Hall–Kier alpha value is -1.89. The molecule has 2 N–H and O–H groups in total. The second-order valence-electron chi connectivity index (χ2n) is 6.36. The number of amidine groups is 1. The molecule has 0 radical (unpaired) electrons. The summed E-state index contributed by atoms with van der Waals surface area (Å²) < 4.78 is 6.33. The van der Waals surface area contributed by atoms with Crippen molar-refractivity contribution in [2.75, 3.05) is 26.9 Å². The highest BCUT2D eigenvalue weighted by atomic mass is 79.9. The molecule has 0 bridgehead atoms. The van der Waals surface area contributed by atoms with Crippen molar-refractivity contribution in [1.82, 2.24) is 10.2 Å². The number of fused-ring (bicyclic) bond motifs is 1. The van der Waals surface area contributed by atoms with Crippen LogP contribution in [-0.4, -0.2) is 48.8 Å². The molecule has 0 amide bonds. The topological polar surface area (TPSA) is 57.1 Å². The van der Waals surface area contributed by atoms with Gasteiger partial charge in [-0.05, 0) is 35.4 Å². The van der Waals surface area contributed by atoms with Crippen LogP contribution in [-0.2, 0) is 5.54 Å². The first kappa shape index (κ1) is 16.6. The summed E-state index contributed by atoms with van der Waals surface area (Å²) >= 11 is 3.59. The van der Waals surface area contributed by atoms with Gasteiger partial charge in [0.05, 0.1) is 26.4 Å². The summed E-state index contributed by atoms with van der Waals surface area (Å²) in [6.07, 6.45) is -0.417. The van der Waals surface area contributed by atoms with E-state index in [0.717, 1.165) is 27.2 Å². The number of nitrogens with zero attached hydrogens (tertiary/aromatic N) is 2. The normalized spacial score (nSPS) is 25.5. The largest absolute Gasteiger partial charge is 0.497 e. The van der Waals surface area contributed by atoms with Crippen LogP contribution in [0.1, 0.15) is 11.1 Å². The molecule has 0 aromatic heterocycles. The van der Waals surface area contributed by atoms with Gasteiger partial charge < -0.3 is 14.7 Å². The van der Waals surface area contributed by atoms with Gasteiger partial charge in [-0.15, -0.1) is 0 Å². The summed E-state index contributed by atoms with van der Waals surface area (Å²) in [5.74, 6) is 1.78. The lowest BCUT2D eigenvalue weighted by atomic mass is 9.82. The lowest BCUT2D eigenvalue weighted by Crippen LogP contribution is -2.48. The second-order valence-corrected chi connectivity index (χ2v) is 7.28. The highest BCUT2D eigenvalue weighted by molar-refractivity contribution is 9.10. The summed E-state index contributed by atoms with van der Waals surface area (Å²) in [4.78, 5) is 6.86. The molecule has 0 spiro atoms. The molecule has 1 saturated heterocycles. The number of hydrogen-bond donors (Lipinski definition) is 2. The number of nitrogens with one attached hydrogen (secondary N) is 1. The van der Waals surface area contributed by atoms with Gasteiger partial charge in [-0.2, -0.15) is 0 Å². The Morgan fingerprint density at radius 3 is 2.76 bits per heavy atom. The Morgan fingerprint density at radius 1 is 1.24 bits per heavy atom. The van der Waals surface area contributed by atoms with E-state index >= 15 is 0 Å². The van der Waals surface area contributed by atoms with Gasteiger partial charge in [0.15, 0.2) is 0 Å². The SMILES string of the molecule is COc1ccc(C2(c3cccc(Br)c3)NCN3CC(O)CN=C32)cc1. The van der Waals surface area contributed by atoms with E-state index in [0.29, 0.717) is 19.8 Å². The molecular weight excluding hydrogens is 382 g/mol. The van der Waals surface area contributed by atoms with Gasteiger partial charge in [-0.1, -0.05) is 40.2 Å². The second kappa shape index (κ2) is 6.44. The van der Waals surface area contributed by atoms with Crippen molar-refractivity contribution in [2.45, 2.75) is 11.6 Å². The molecule has 6 heteroatoms. The predicted molar refractivity (Wildman–Crippen MR) is 101 cm³/mol. The van der Waals surface area contributed by atoms with Crippen molar-refractivity contribution in [3.05, 3.63) is 64.1 Å². The number of benzene rings is 2. The lowest BCUT2D eigenvalue weighted by molar-refractivity contribution is 0.143. The summed E-state index contributed by atoms with van der Waals surface area (Å²) in [7, 11) is 1.67. The van der Waals surface area contributed by atoms with E-state index in [1.54, 1.807) is 7.11 Å². The van der Waals surface area contributed by atoms with Crippen LogP contribution in [0.5, 0.6) is 5.75 Å². The molecule has 0 saturated carbocycles. The molecule has 2 aliphatic heterocycles. The first-order valence-electron chi connectivity index (χ1n) is 8.27. The molecule has 2 unspecified atom stereocenters. The number of halogens is 1. The van der Waals surface area contributed by atoms with Crippen molar-refractivity contribution >= 4 is 21.8 Å². The van der Waals surface area contributed by atoms with Crippen LogP contribution < -0.4 is 10.1 Å². The van der Waals surface area contributed by atoms with Crippen molar-refractivity contribution in [1.29, 1.82) is 0 Å². The van der Waals surface area contributed by atoms with Crippen LogP contribution in [0, 0.1) is 0 Å². The fraction of sp³-hybridized carbons (Fsp3) is 0.316. The van der Waals surface area contributed by atoms with E-state index in [9.17, 15) is 5.11 Å². The molecular formula is C19H20BrN3O2. The third-order valence-corrected chi connectivity index (χ3v) is 5.33. The summed E-state index contributed by atoms with van der Waals surface area (Å²) in [6.45, 7) is 1.67. The van der Waals surface area contributed by atoms with Gasteiger partial charge in [-0.3, -0.25) is 10.3 Å². The maximum absolute atomic E-state index is 9.98. The molecule has 2 atom stereocenters. The molecule has 130 valence electrons. The Morgan fingerprint density at radius 2 is 2.04 bits per heavy atom. The van der Waals surface area contributed by atoms with Crippen LogP contribution in [0.15, 0.2) is 58.0 Å². The zero-order valence-corrected chi connectivity index (χ0v) is 15.5. The van der Waals surface area contributed by atoms with Gasteiger partial charge in [0.1, 0.15) is 17.1 Å². The molecule has 1 fully saturated rings. The van der Waals surface area contributed by atoms with Crippen molar-refractivity contribution in [2.24, 2.45) is 4.99 Å². The number of aliphatic imine (C=N–C) groups is 1. The van der Waals surface area contributed by atoms with Crippen LogP contribution in [0.25, 0.3) is 0 Å². The highest BCUT2D eigenvalue weighted by Gasteiger charge is 2.48. The van der Waals surface area contributed by atoms with E-state index in [1.165, 1.54) is 0 Å². The monoisotopic (exact) mass is 401 g/mol. The fourth-order valence-electron chi connectivity index (χ4n) is 3.67. The molecule has 2 aromatic carbocycles. The van der Waals surface area contributed by atoms with Gasteiger partial charge in [0.2, 0.25) is 0 Å². The number of aliphatic hydroxyl groups is 1. The van der Waals surface area contributed by atoms with Gasteiger partial charge in [0, 0.05) is 11.0 Å². The molecule has 2 aliphatic rings. The average Bonchev–Trinajstić information content (AvgIpc) is 3.01. The Kier molecular flexibility index (Phi) is 4.27. The quantitative estimate of drug-likeness (QED) is 0.828. The van der Waals surface area contributed by atoms with E-state index in [1.807, 2.05) is 24.3 Å². The van der Waals surface area contributed by atoms with Crippen LogP contribution in [0.2, 0.25) is 0 Å². The van der Waals surface area contributed by atoms with E-state index in [-0.39, 0.29) is 0 Å². The average molecular weight is 402 g/mol. The number of rotatable bonds is 3. The standard InChI is InChI=1S/C19H20BrN3O2/c1-25-17-7-5-13(6-8-17)19(14-3-2-4-15(20)9-14)18-21-10-16(24)11-23(18)12-22-19/h2-9,16,22,24H,10-12H2,1H3. The fourth-order valence-corrected chi connectivity index (χ4v) is 4.07. The van der Waals surface area contributed by atoms with Crippen LogP contribution in [0.3, 0.4) is 0 Å². The lowest BCUT2D eigenvalue weighted by Gasteiger charge is -2.35. The van der Waals surface area contributed by atoms with E-state index in [2.05, 4.69) is 50.4 Å². The van der Waals surface area contributed by atoms with Crippen molar-refractivity contribution in [3.8, 4) is 5.75 Å². The third kappa shape index (κ3) is 2.74. The van der Waals surface area contributed by atoms with E-state index in [4.69, 9.17) is 9.73 Å². The van der Waals surface area contributed by atoms with Crippen molar-refractivity contribution < 1.29 is 9.84 Å². The summed E-state index contributed by atoms with van der Waals surface area (Å²) in [5, 5.41) is 13.6. The maximum Gasteiger partial charge on any atom is 0.130 e. The van der Waals surface area contributed by atoms with Crippen LogP contribution in [0.4, 0.5) is 0 Å². The molecule has 2 heterocycles. The molecule has 4 rings (SSSR count). The zero-order valence-electron chi connectivity index (χ0n) is 13.9. The predicted octanol–water partition coefficient (Wildman–Crippen LogP) is 2.34. The first-order valence-corrected chi connectivity index (χ1v) is 9.06. The Balaban J connectivity index is 1.89. The van der Waals surface area contributed by atoms with E-state index < -0.39 is 11.6 Å². The number of hydrogen-bond acceptors (Lipinski definition) is 5.